The fraction of sp³-hybridized carbons (Fsp3) is 0.778. The van der Waals surface area contributed by atoms with Gasteiger partial charge in [-0.1, -0.05) is 5.10 Å². The van der Waals surface area contributed by atoms with Crippen molar-refractivity contribution in [3.8, 4) is 0 Å². The molecule has 1 N–H and O–H groups in total. The van der Waals surface area contributed by atoms with Gasteiger partial charge in [0.15, 0.2) is 0 Å². The number of aromatic nitrogens is 2. The highest BCUT2D eigenvalue weighted by Crippen LogP contribution is 2.24. The molecule has 1 aliphatic carbocycles. The third kappa shape index (κ3) is 2.04. The molecule has 2 atom stereocenters. The van der Waals surface area contributed by atoms with E-state index in [0.29, 0.717) is 24.1 Å². The van der Waals surface area contributed by atoms with Gasteiger partial charge in [0.05, 0.1) is 6.10 Å². The Morgan fingerprint density at radius 3 is 2.86 bits per heavy atom. The van der Waals surface area contributed by atoms with Gasteiger partial charge in [0.1, 0.15) is 0 Å². The predicted molar refractivity (Wildman–Crippen MR) is 51.1 cm³/mol. The lowest BCUT2D eigenvalue weighted by Gasteiger charge is -2.09. The molecule has 5 heteroatoms. The second-order valence-corrected chi connectivity index (χ2v) is 3.64. The lowest BCUT2D eigenvalue weighted by atomic mass is 10.2. The van der Waals surface area contributed by atoms with Crippen LogP contribution in [0.5, 0.6) is 0 Å². The second kappa shape index (κ2) is 3.96. The van der Waals surface area contributed by atoms with Crippen molar-refractivity contribution in [3.05, 3.63) is 5.89 Å². The Labute approximate surface area is 82.8 Å². The van der Waals surface area contributed by atoms with Crippen LogP contribution in [-0.4, -0.2) is 29.5 Å². The van der Waals surface area contributed by atoms with E-state index in [0.717, 1.165) is 19.3 Å². The highest BCUT2D eigenvalue weighted by molar-refractivity contribution is 5.20. The topological polar surface area (TPSA) is 60.2 Å². The van der Waals surface area contributed by atoms with Crippen molar-refractivity contribution in [2.75, 3.05) is 12.4 Å². The number of ether oxygens (including phenoxy) is 1. The smallest absolute Gasteiger partial charge is 0.315 e. The van der Waals surface area contributed by atoms with E-state index in [4.69, 9.17) is 9.15 Å². The van der Waals surface area contributed by atoms with Gasteiger partial charge in [-0.05, 0) is 19.3 Å². The molecular formula is C9H15N3O2. The largest absolute Gasteiger partial charge is 0.408 e. The first-order valence-corrected chi connectivity index (χ1v) is 4.87. The van der Waals surface area contributed by atoms with Crippen molar-refractivity contribution in [2.24, 2.45) is 0 Å². The molecule has 2 unspecified atom stereocenters. The van der Waals surface area contributed by atoms with Gasteiger partial charge in [0.25, 0.3) is 0 Å². The fourth-order valence-corrected chi connectivity index (χ4v) is 1.81. The Bertz CT molecular complexity index is 300. The summed E-state index contributed by atoms with van der Waals surface area (Å²) in [4.78, 5) is 0. The maximum Gasteiger partial charge on any atom is 0.315 e. The molecule has 1 fully saturated rings. The first-order valence-electron chi connectivity index (χ1n) is 4.87. The van der Waals surface area contributed by atoms with Crippen LogP contribution in [0, 0.1) is 6.92 Å². The zero-order chi connectivity index (χ0) is 9.97. The molecular weight excluding hydrogens is 182 g/mol. The summed E-state index contributed by atoms with van der Waals surface area (Å²) in [5, 5.41) is 10.9. The number of nitrogens with one attached hydrogen (secondary N) is 1. The first kappa shape index (κ1) is 9.45. The molecule has 2 rings (SSSR count). The standard InChI is InChI=1S/C9H15N3O2/c1-6-11-12-9(14-6)10-7-3-4-8(5-7)13-2/h7-8H,3-5H2,1-2H3,(H,10,12). The van der Waals surface area contributed by atoms with Crippen LogP contribution >= 0.6 is 0 Å². The van der Waals surface area contributed by atoms with E-state index < -0.39 is 0 Å². The minimum Gasteiger partial charge on any atom is -0.408 e. The lowest BCUT2D eigenvalue weighted by molar-refractivity contribution is 0.108. The number of nitrogens with zero attached hydrogens (tertiary/aromatic N) is 2. The average Bonchev–Trinajstić information content (AvgIpc) is 2.76. The SMILES string of the molecule is COC1CCC(Nc2nnc(C)o2)C1. The third-order valence-electron chi connectivity index (χ3n) is 2.57. The second-order valence-electron chi connectivity index (χ2n) is 3.64. The molecule has 1 aromatic rings. The zero-order valence-corrected chi connectivity index (χ0v) is 8.49. The van der Waals surface area contributed by atoms with Gasteiger partial charge in [-0.25, -0.2) is 0 Å². The van der Waals surface area contributed by atoms with E-state index in [9.17, 15) is 0 Å². The Kier molecular flexibility index (Phi) is 2.67. The van der Waals surface area contributed by atoms with E-state index in [1.165, 1.54) is 0 Å². The van der Waals surface area contributed by atoms with Crippen LogP contribution in [0.3, 0.4) is 0 Å². The quantitative estimate of drug-likeness (QED) is 0.792. The van der Waals surface area contributed by atoms with E-state index >= 15 is 0 Å². The summed E-state index contributed by atoms with van der Waals surface area (Å²) >= 11 is 0. The average molecular weight is 197 g/mol. The molecule has 0 amide bonds. The summed E-state index contributed by atoms with van der Waals surface area (Å²) in [5.74, 6) is 0.591. The first-order chi connectivity index (χ1) is 6.78. The molecule has 1 saturated carbocycles. The Morgan fingerprint density at radius 2 is 2.29 bits per heavy atom. The van der Waals surface area contributed by atoms with Crippen molar-refractivity contribution in [1.29, 1.82) is 0 Å². The monoisotopic (exact) mass is 197 g/mol. The fourth-order valence-electron chi connectivity index (χ4n) is 1.81. The van der Waals surface area contributed by atoms with Crippen LogP contribution in [0.4, 0.5) is 6.01 Å². The maximum absolute atomic E-state index is 5.28. The summed E-state index contributed by atoms with van der Waals surface area (Å²) in [7, 11) is 1.75. The molecule has 0 aromatic carbocycles. The van der Waals surface area contributed by atoms with Crippen LogP contribution in [-0.2, 0) is 4.74 Å². The van der Waals surface area contributed by atoms with Crippen molar-refractivity contribution in [3.63, 3.8) is 0 Å². The summed E-state index contributed by atoms with van der Waals surface area (Å²) in [6, 6.07) is 0.920. The number of methoxy groups -OCH3 is 1. The summed E-state index contributed by atoms with van der Waals surface area (Å²) < 4.78 is 10.5. The highest BCUT2D eigenvalue weighted by Gasteiger charge is 2.25. The van der Waals surface area contributed by atoms with E-state index in [1.807, 2.05) is 0 Å². The number of hydrogen-bond donors (Lipinski definition) is 1. The van der Waals surface area contributed by atoms with Gasteiger partial charge in [0.2, 0.25) is 5.89 Å². The zero-order valence-electron chi connectivity index (χ0n) is 8.49. The molecule has 0 saturated heterocycles. The van der Waals surface area contributed by atoms with Crippen LogP contribution < -0.4 is 5.32 Å². The Balaban J connectivity index is 1.87. The van der Waals surface area contributed by atoms with Gasteiger partial charge < -0.3 is 14.5 Å². The summed E-state index contributed by atoms with van der Waals surface area (Å²) in [5.41, 5.74) is 0. The van der Waals surface area contributed by atoms with Gasteiger partial charge in [0, 0.05) is 20.1 Å². The molecule has 1 heterocycles. The molecule has 14 heavy (non-hydrogen) atoms. The van der Waals surface area contributed by atoms with E-state index in [-0.39, 0.29) is 0 Å². The van der Waals surface area contributed by atoms with Crippen molar-refractivity contribution in [1.82, 2.24) is 10.2 Å². The van der Waals surface area contributed by atoms with Crippen LogP contribution in [0.15, 0.2) is 4.42 Å². The summed E-state index contributed by atoms with van der Waals surface area (Å²) in [6.07, 6.45) is 3.58. The molecule has 1 aliphatic rings. The molecule has 5 nitrogen and oxygen atoms in total. The molecule has 0 radical (unpaired) electrons. The summed E-state index contributed by atoms with van der Waals surface area (Å²) in [6.45, 7) is 1.78. The molecule has 78 valence electrons. The number of rotatable bonds is 3. The molecule has 0 bridgehead atoms. The van der Waals surface area contributed by atoms with Crippen LogP contribution in [0.1, 0.15) is 25.2 Å². The van der Waals surface area contributed by atoms with E-state index in [1.54, 1.807) is 14.0 Å². The normalized spacial score (nSPS) is 26.7. The van der Waals surface area contributed by atoms with Gasteiger partial charge in [-0.15, -0.1) is 5.10 Å². The maximum atomic E-state index is 5.28. The van der Waals surface area contributed by atoms with Gasteiger partial charge in [-0.3, -0.25) is 0 Å². The van der Waals surface area contributed by atoms with E-state index in [2.05, 4.69) is 15.5 Å². The van der Waals surface area contributed by atoms with Crippen LogP contribution in [0.2, 0.25) is 0 Å². The molecule has 0 spiro atoms. The van der Waals surface area contributed by atoms with Crippen molar-refractivity contribution >= 4 is 6.01 Å². The van der Waals surface area contributed by atoms with Crippen molar-refractivity contribution in [2.45, 2.75) is 38.3 Å². The van der Waals surface area contributed by atoms with Gasteiger partial charge >= 0.3 is 6.01 Å². The predicted octanol–water partition coefficient (Wildman–Crippen LogP) is 1.36. The Hall–Kier alpha value is -1.10. The van der Waals surface area contributed by atoms with Gasteiger partial charge in [-0.2, -0.15) is 0 Å². The third-order valence-corrected chi connectivity index (χ3v) is 2.57. The van der Waals surface area contributed by atoms with Crippen LogP contribution in [0.25, 0.3) is 0 Å². The minimum atomic E-state index is 0.372. The highest BCUT2D eigenvalue weighted by atomic mass is 16.5. The molecule has 1 aromatic heterocycles. The number of anilines is 1. The molecule has 0 aliphatic heterocycles. The lowest BCUT2D eigenvalue weighted by Crippen LogP contribution is -2.17. The number of aryl methyl sites for hydroxylation is 1. The Morgan fingerprint density at radius 1 is 1.43 bits per heavy atom. The minimum absolute atomic E-state index is 0.372. The number of hydrogen-bond acceptors (Lipinski definition) is 5. The van der Waals surface area contributed by atoms with Crippen molar-refractivity contribution < 1.29 is 9.15 Å².